The second kappa shape index (κ2) is 6.82. The van der Waals surface area contributed by atoms with Gasteiger partial charge in [-0.2, -0.15) is 13.2 Å². The first-order chi connectivity index (χ1) is 14.1. The van der Waals surface area contributed by atoms with Crippen molar-refractivity contribution < 1.29 is 22.8 Å². The Morgan fingerprint density at radius 2 is 1.83 bits per heavy atom. The molecule has 30 heavy (non-hydrogen) atoms. The number of H-pyrrole nitrogens is 1. The highest BCUT2D eigenvalue weighted by atomic mass is 19.4. The second-order valence-electron chi connectivity index (χ2n) is 7.51. The number of pyridine rings is 1. The molecule has 0 radical (unpaired) electrons. The molecule has 156 valence electrons. The highest BCUT2D eigenvalue weighted by Gasteiger charge is 2.53. The molecule has 0 aliphatic carbocycles. The van der Waals surface area contributed by atoms with Crippen molar-refractivity contribution in [1.29, 1.82) is 0 Å². The normalized spacial score (nSPS) is 19.7. The number of hydrogen-bond acceptors (Lipinski definition) is 4. The first-order valence-corrected chi connectivity index (χ1v) is 9.24. The van der Waals surface area contributed by atoms with E-state index in [2.05, 4.69) is 20.3 Å². The van der Waals surface area contributed by atoms with E-state index in [4.69, 9.17) is 0 Å². The number of urea groups is 1. The fraction of sp³-hybridized carbons (Fsp3) is 0.300. The van der Waals surface area contributed by atoms with Crippen LogP contribution in [0.15, 0.2) is 42.7 Å². The molecule has 3 heterocycles. The molecule has 1 aliphatic heterocycles. The number of alkyl halides is 3. The number of nitrogens with zero attached hydrogens (tertiary/aromatic N) is 3. The van der Waals surface area contributed by atoms with Crippen molar-refractivity contribution in [3.8, 4) is 0 Å². The Bertz CT molecular complexity index is 1130. The SMILES string of the molecule is CC(C)C1(Cc2ccncc2)NC(=O)N(c2ccc3nc(C(F)(F)F)[nH]c3c2)C1=O. The van der Waals surface area contributed by atoms with Gasteiger partial charge < -0.3 is 10.3 Å². The molecule has 2 aromatic heterocycles. The van der Waals surface area contributed by atoms with E-state index in [1.54, 1.807) is 24.5 Å². The zero-order valence-corrected chi connectivity index (χ0v) is 16.1. The molecular formula is C20H18F3N5O2. The number of nitrogens with one attached hydrogen (secondary N) is 2. The summed E-state index contributed by atoms with van der Waals surface area (Å²) >= 11 is 0. The Labute approximate surface area is 169 Å². The highest BCUT2D eigenvalue weighted by Crippen LogP contribution is 2.35. The van der Waals surface area contributed by atoms with Gasteiger partial charge in [-0.25, -0.2) is 14.7 Å². The van der Waals surface area contributed by atoms with Crippen LogP contribution in [0.5, 0.6) is 0 Å². The van der Waals surface area contributed by atoms with Gasteiger partial charge >= 0.3 is 12.2 Å². The van der Waals surface area contributed by atoms with E-state index >= 15 is 0 Å². The third-order valence-corrected chi connectivity index (χ3v) is 5.33. The van der Waals surface area contributed by atoms with Crippen LogP contribution in [0, 0.1) is 5.92 Å². The number of benzene rings is 1. The van der Waals surface area contributed by atoms with Gasteiger partial charge in [0.25, 0.3) is 5.91 Å². The largest absolute Gasteiger partial charge is 0.449 e. The summed E-state index contributed by atoms with van der Waals surface area (Å²) in [6.07, 6.45) is -1.16. The van der Waals surface area contributed by atoms with Gasteiger partial charge in [0.05, 0.1) is 16.7 Å². The Balaban J connectivity index is 1.72. The average molecular weight is 417 g/mol. The van der Waals surface area contributed by atoms with Crippen LogP contribution in [0.2, 0.25) is 0 Å². The van der Waals surface area contributed by atoms with Gasteiger partial charge in [0.1, 0.15) is 5.54 Å². The van der Waals surface area contributed by atoms with Crippen molar-refractivity contribution in [2.45, 2.75) is 32.0 Å². The Hall–Kier alpha value is -3.43. The van der Waals surface area contributed by atoms with E-state index in [-0.39, 0.29) is 29.1 Å². The van der Waals surface area contributed by atoms with Crippen LogP contribution in [0.25, 0.3) is 11.0 Å². The predicted molar refractivity (Wildman–Crippen MR) is 103 cm³/mol. The number of fused-ring (bicyclic) bond motifs is 1. The minimum absolute atomic E-state index is 0.0802. The lowest BCUT2D eigenvalue weighted by Crippen LogP contribution is -2.53. The fourth-order valence-electron chi connectivity index (χ4n) is 3.64. The van der Waals surface area contributed by atoms with E-state index in [1.807, 2.05) is 13.8 Å². The Kier molecular flexibility index (Phi) is 4.52. The standard InChI is InChI=1S/C20H18F3N5O2/c1-11(2)19(10-12-5-7-24-8-6-12)17(29)28(18(30)27-19)13-3-4-14-15(9-13)26-16(25-14)20(21,22)23/h3-9,11H,10H2,1-2H3,(H,25,26)(H,27,30). The van der Waals surface area contributed by atoms with Gasteiger partial charge in [-0.05, 0) is 41.8 Å². The number of imide groups is 1. The summed E-state index contributed by atoms with van der Waals surface area (Å²) in [6.45, 7) is 3.66. The van der Waals surface area contributed by atoms with Crippen LogP contribution in [-0.2, 0) is 17.4 Å². The van der Waals surface area contributed by atoms with Gasteiger partial charge in [0.15, 0.2) is 0 Å². The molecule has 1 atom stereocenters. The smallest absolute Gasteiger partial charge is 0.334 e. The van der Waals surface area contributed by atoms with Gasteiger partial charge in [-0.15, -0.1) is 0 Å². The zero-order valence-electron chi connectivity index (χ0n) is 16.1. The first kappa shape index (κ1) is 19.9. The predicted octanol–water partition coefficient (Wildman–Crippen LogP) is 3.67. The number of hydrogen-bond donors (Lipinski definition) is 2. The third-order valence-electron chi connectivity index (χ3n) is 5.33. The van der Waals surface area contributed by atoms with Crippen molar-refractivity contribution in [2.75, 3.05) is 4.90 Å². The molecule has 10 heteroatoms. The number of rotatable bonds is 4. The summed E-state index contributed by atoms with van der Waals surface area (Å²) in [7, 11) is 0. The summed E-state index contributed by atoms with van der Waals surface area (Å²) in [5.74, 6) is -1.84. The molecule has 0 bridgehead atoms. The van der Waals surface area contributed by atoms with Crippen molar-refractivity contribution in [2.24, 2.45) is 5.92 Å². The van der Waals surface area contributed by atoms with Crippen molar-refractivity contribution >= 4 is 28.7 Å². The number of imidazole rings is 1. The molecule has 3 amide bonds. The van der Waals surface area contributed by atoms with E-state index in [0.29, 0.717) is 0 Å². The summed E-state index contributed by atoms with van der Waals surface area (Å²) in [4.78, 5) is 36.8. The lowest BCUT2D eigenvalue weighted by molar-refractivity contribution is -0.144. The number of aromatic nitrogens is 3. The Morgan fingerprint density at radius 3 is 2.47 bits per heavy atom. The number of anilines is 1. The maximum absolute atomic E-state index is 13.4. The molecular weight excluding hydrogens is 399 g/mol. The summed E-state index contributed by atoms with van der Waals surface area (Å²) < 4.78 is 38.8. The van der Waals surface area contributed by atoms with Gasteiger partial charge in [-0.3, -0.25) is 9.78 Å². The van der Waals surface area contributed by atoms with E-state index in [0.717, 1.165) is 10.5 Å². The quantitative estimate of drug-likeness (QED) is 0.634. The maximum atomic E-state index is 13.4. The third kappa shape index (κ3) is 3.17. The second-order valence-corrected chi connectivity index (χ2v) is 7.51. The monoisotopic (exact) mass is 417 g/mol. The van der Waals surface area contributed by atoms with Crippen LogP contribution < -0.4 is 10.2 Å². The average Bonchev–Trinajstić information content (AvgIpc) is 3.21. The molecule has 0 spiro atoms. The highest BCUT2D eigenvalue weighted by molar-refractivity contribution is 6.23. The van der Waals surface area contributed by atoms with Crippen LogP contribution >= 0.6 is 0 Å². The Morgan fingerprint density at radius 1 is 1.13 bits per heavy atom. The van der Waals surface area contributed by atoms with E-state index in [1.165, 1.54) is 18.2 Å². The molecule has 7 nitrogen and oxygen atoms in total. The molecule has 1 saturated heterocycles. The first-order valence-electron chi connectivity index (χ1n) is 9.24. The molecule has 1 aromatic carbocycles. The number of carbonyl (C=O) groups excluding carboxylic acids is 2. The van der Waals surface area contributed by atoms with Crippen LogP contribution in [-0.4, -0.2) is 32.4 Å². The molecule has 2 N–H and O–H groups in total. The van der Waals surface area contributed by atoms with E-state index in [9.17, 15) is 22.8 Å². The van der Waals surface area contributed by atoms with Gasteiger partial charge in [0.2, 0.25) is 5.82 Å². The number of carbonyl (C=O) groups is 2. The topological polar surface area (TPSA) is 91.0 Å². The lowest BCUT2D eigenvalue weighted by atomic mass is 9.81. The molecule has 1 aliphatic rings. The maximum Gasteiger partial charge on any atom is 0.449 e. The van der Waals surface area contributed by atoms with Crippen molar-refractivity contribution in [3.05, 3.63) is 54.1 Å². The van der Waals surface area contributed by atoms with Crippen molar-refractivity contribution in [3.63, 3.8) is 0 Å². The molecule has 1 unspecified atom stereocenters. The molecule has 1 fully saturated rings. The van der Waals surface area contributed by atoms with Gasteiger partial charge in [0, 0.05) is 18.8 Å². The molecule has 3 aromatic rings. The van der Waals surface area contributed by atoms with Crippen molar-refractivity contribution in [1.82, 2.24) is 20.3 Å². The minimum atomic E-state index is -4.63. The summed E-state index contributed by atoms with van der Waals surface area (Å²) in [5, 5.41) is 2.80. The lowest BCUT2D eigenvalue weighted by Gasteiger charge is -2.31. The molecule has 0 saturated carbocycles. The summed E-state index contributed by atoms with van der Waals surface area (Å²) in [5.41, 5.74) is -0.0206. The van der Waals surface area contributed by atoms with Crippen LogP contribution in [0.3, 0.4) is 0 Å². The molecule has 4 rings (SSSR count). The summed E-state index contributed by atoms with van der Waals surface area (Å²) in [6, 6.07) is 6.97. The number of halogens is 3. The van der Waals surface area contributed by atoms with E-state index < -0.39 is 29.5 Å². The minimum Gasteiger partial charge on any atom is -0.334 e. The number of aromatic amines is 1. The number of amides is 3. The van der Waals surface area contributed by atoms with Crippen LogP contribution in [0.4, 0.5) is 23.7 Å². The van der Waals surface area contributed by atoms with Gasteiger partial charge in [-0.1, -0.05) is 13.8 Å². The van der Waals surface area contributed by atoms with Crippen LogP contribution in [0.1, 0.15) is 25.2 Å². The fourth-order valence-corrected chi connectivity index (χ4v) is 3.64. The zero-order chi connectivity index (χ0) is 21.7.